The molecule has 0 saturated heterocycles. The van der Waals surface area contributed by atoms with Gasteiger partial charge in [0.05, 0.1) is 17.6 Å². The van der Waals surface area contributed by atoms with Crippen LogP contribution in [0.4, 0.5) is 4.39 Å². The highest BCUT2D eigenvalue weighted by Crippen LogP contribution is 2.33. The lowest BCUT2D eigenvalue weighted by molar-refractivity contribution is 0.100. The van der Waals surface area contributed by atoms with Gasteiger partial charge in [-0.2, -0.15) is 0 Å². The maximum atomic E-state index is 14.8. The largest absolute Gasteiger partial charge is 0.366 e. The van der Waals surface area contributed by atoms with Crippen LogP contribution in [-0.2, 0) is 13.0 Å². The molecular formula is C26H26FN2O. The molecule has 0 unspecified atom stereocenters. The van der Waals surface area contributed by atoms with Crippen molar-refractivity contribution in [1.82, 2.24) is 4.57 Å². The van der Waals surface area contributed by atoms with Crippen molar-refractivity contribution >= 4 is 27.7 Å². The zero-order chi connectivity index (χ0) is 21.3. The predicted octanol–water partition coefficient (Wildman–Crippen LogP) is 5.92. The fourth-order valence-electron chi connectivity index (χ4n) is 4.20. The Labute approximate surface area is 176 Å². The minimum atomic E-state index is -0.471. The van der Waals surface area contributed by atoms with Crippen molar-refractivity contribution in [2.75, 3.05) is 0 Å². The summed E-state index contributed by atoms with van der Waals surface area (Å²) in [4.78, 5) is 12.1. The standard InChI is InChI=1S/C26H26FN2O/c1-3-4-5-9-18-13-14-20-23(15-18)29(16-19-10-6-8-17(2)25(19)27)22-12-7-11-21(24(20)22)26(28)30/h6-8,10-13,15H,3-5,9,16H2,1-2H3,(H2,28,30). The summed E-state index contributed by atoms with van der Waals surface area (Å²) in [5.74, 6) is -0.663. The van der Waals surface area contributed by atoms with Crippen molar-refractivity contribution in [3.05, 3.63) is 82.7 Å². The highest BCUT2D eigenvalue weighted by atomic mass is 19.1. The summed E-state index contributed by atoms with van der Waals surface area (Å²) in [7, 11) is 0. The number of hydrogen-bond acceptors (Lipinski definition) is 1. The average molecular weight is 402 g/mol. The van der Waals surface area contributed by atoms with E-state index in [1.165, 1.54) is 18.4 Å². The lowest BCUT2D eigenvalue weighted by atomic mass is 10.0. The number of primary amides is 1. The van der Waals surface area contributed by atoms with E-state index < -0.39 is 5.91 Å². The number of nitrogens with two attached hydrogens (primary N) is 1. The summed E-state index contributed by atoms with van der Waals surface area (Å²) in [5, 5.41) is 1.64. The first-order chi connectivity index (χ1) is 14.5. The summed E-state index contributed by atoms with van der Waals surface area (Å²) in [6.07, 6.45) is 4.45. The molecule has 30 heavy (non-hydrogen) atoms. The fourth-order valence-corrected chi connectivity index (χ4v) is 4.20. The molecule has 0 fully saturated rings. The zero-order valence-corrected chi connectivity index (χ0v) is 17.5. The molecule has 4 aromatic rings. The molecule has 0 saturated carbocycles. The molecule has 4 rings (SSSR count). The van der Waals surface area contributed by atoms with E-state index in [0.29, 0.717) is 23.2 Å². The van der Waals surface area contributed by atoms with Gasteiger partial charge in [-0.25, -0.2) is 4.39 Å². The van der Waals surface area contributed by atoms with Gasteiger partial charge in [-0.05, 0) is 55.2 Å². The van der Waals surface area contributed by atoms with Gasteiger partial charge in [0.2, 0.25) is 5.91 Å². The molecule has 153 valence electrons. The molecule has 3 aromatic carbocycles. The van der Waals surface area contributed by atoms with Crippen molar-refractivity contribution in [2.45, 2.75) is 46.1 Å². The van der Waals surface area contributed by atoms with Gasteiger partial charge < -0.3 is 10.3 Å². The van der Waals surface area contributed by atoms with Crippen LogP contribution < -0.4 is 5.73 Å². The van der Waals surface area contributed by atoms with E-state index in [1.807, 2.05) is 30.3 Å². The van der Waals surface area contributed by atoms with E-state index in [9.17, 15) is 9.18 Å². The topological polar surface area (TPSA) is 48.0 Å². The number of aryl methyl sites for hydroxylation is 2. The van der Waals surface area contributed by atoms with E-state index in [-0.39, 0.29) is 5.82 Å². The van der Waals surface area contributed by atoms with Gasteiger partial charge in [0, 0.05) is 21.9 Å². The van der Waals surface area contributed by atoms with Crippen LogP contribution in [0.2, 0.25) is 0 Å². The van der Waals surface area contributed by atoms with E-state index >= 15 is 0 Å². The number of carbonyl (C=O) groups excluding carboxylic acids is 1. The molecule has 1 radical (unpaired) electrons. The number of halogens is 1. The van der Waals surface area contributed by atoms with Crippen molar-refractivity contribution in [2.24, 2.45) is 5.73 Å². The Morgan fingerprint density at radius 2 is 1.93 bits per heavy atom. The van der Waals surface area contributed by atoms with Gasteiger partial charge in [0.1, 0.15) is 5.82 Å². The van der Waals surface area contributed by atoms with Crippen LogP contribution in [-0.4, -0.2) is 10.5 Å². The number of carbonyl (C=O) groups is 1. The average Bonchev–Trinajstić information content (AvgIpc) is 3.04. The number of fused-ring (bicyclic) bond motifs is 3. The number of unbranched alkanes of at least 4 members (excludes halogenated alkanes) is 2. The second-order valence-corrected chi connectivity index (χ2v) is 7.92. The van der Waals surface area contributed by atoms with Gasteiger partial charge in [0.25, 0.3) is 0 Å². The van der Waals surface area contributed by atoms with Crippen LogP contribution in [0.3, 0.4) is 0 Å². The lowest BCUT2D eigenvalue weighted by Gasteiger charge is -2.11. The Bertz CT molecular complexity index is 1240. The minimum Gasteiger partial charge on any atom is -0.366 e. The first kappa shape index (κ1) is 20.1. The van der Waals surface area contributed by atoms with E-state index in [4.69, 9.17) is 5.73 Å². The number of benzene rings is 3. The van der Waals surface area contributed by atoms with Crippen LogP contribution in [0.15, 0.2) is 48.5 Å². The molecule has 0 atom stereocenters. The molecular weight excluding hydrogens is 375 g/mol. The van der Waals surface area contributed by atoms with Gasteiger partial charge in [-0.3, -0.25) is 4.79 Å². The molecule has 0 aliphatic carbocycles. The highest BCUT2D eigenvalue weighted by molar-refractivity contribution is 6.17. The maximum absolute atomic E-state index is 14.8. The monoisotopic (exact) mass is 401 g/mol. The van der Waals surface area contributed by atoms with E-state index in [2.05, 4.69) is 23.6 Å². The Morgan fingerprint density at radius 3 is 2.70 bits per heavy atom. The van der Waals surface area contributed by atoms with Crippen molar-refractivity contribution < 1.29 is 9.18 Å². The Kier molecular flexibility index (Phi) is 5.58. The molecule has 0 spiro atoms. The number of amides is 1. The van der Waals surface area contributed by atoms with Crippen LogP contribution in [0, 0.1) is 18.8 Å². The van der Waals surface area contributed by atoms with Crippen molar-refractivity contribution in [3.63, 3.8) is 0 Å². The molecule has 1 amide bonds. The van der Waals surface area contributed by atoms with E-state index in [1.54, 1.807) is 19.1 Å². The van der Waals surface area contributed by atoms with E-state index in [0.717, 1.165) is 34.6 Å². The predicted molar refractivity (Wildman–Crippen MR) is 120 cm³/mol. The molecule has 0 aliphatic heterocycles. The first-order valence-corrected chi connectivity index (χ1v) is 10.5. The smallest absolute Gasteiger partial charge is 0.249 e. The molecule has 2 N–H and O–H groups in total. The van der Waals surface area contributed by atoms with Gasteiger partial charge in [0.15, 0.2) is 0 Å². The second-order valence-electron chi connectivity index (χ2n) is 7.92. The first-order valence-electron chi connectivity index (χ1n) is 10.5. The lowest BCUT2D eigenvalue weighted by Crippen LogP contribution is -2.11. The third-order valence-electron chi connectivity index (χ3n) is 5.79. The highest BCUT2D eigenvalue weighted by Gasteiger charge is 2.18. The Balaban J connectivity index is 1.94. The molecule has 4 heteroatoms. The summed E-state index contributed by atoms with van der Waals surface area (Å²) < 4.78 is 16.9. The van der Waals surface area contributed by atoms with Gasteiger partial charge >= 0.3 is 0 Å². The van der Waals surface area contributed by atoms with Crippen LogP contribution in [0.1, 0.15) is 53.2 Å². The normalized spacial score (nSPS) is 11.4. The number of rotatable bonds is 7. The second kappa shape index (κ2) is 8.31. The summed E-state index contributed by atoms with van der Waals surface area (Å²) in [6, 6.07) is 18.5. The van der Waals surface area contributed by atoms with Crippen molar-refractivity contribution in [1.29, 1.82) is 0 Å². The third kappa shape index (κ3) is 3.58. The van der Waals surface area contributed by atoms with Crippen LogP contribution in [0.25, 0.3) is 21.8 Å². The number of hydrogen-bond donors (Lipinski definition) is 1. The SMILES string of the molecule is CCCCCc1c[c]c2c3c(C(N)=O)cccc3n(Cc3cccc(C)c3F)c2c1. The molecule has 1 heterocycles. The van der Waals surface area contributed by atoms with Gasteiger partial charge in [-0.1, -0.05) is 50.1 Å². The number of nitrogens with zero attached hydrogens (tertiary/aromatic N) is 1. The Hall–Kier alpha value is -3.14. The third-order valence-corrected chi connectivity index (χ3v) is 5.79. The van der Waals surface area contributed by atoms with Gasteiger partial charge in [-0.15, -0.1) is 0 Å². The van der Waals surface area contributed by atoms with Crippen LogP contribution in [0.5, 0.6) is 0 Å². The number of aromatic nitrogens is 1. The molecule has 0 bridgehead atoms. The zero-order valence-electron chi connectivity index (χ0n) is 17.5. The van der Waals surface area contributed by atoms with Crippen LogP contribution >= 0.6 is 0 Å². The fraction of sp³-hybridized carbons (Fsp3) is 0.269. The summed E-state index contributed by atoms with van der Waals surface area (Å²) in [5.41, 5.74) is 10.4. The summed E-state index contributed by atoms with van der Waals surface area (Å²) >= 11 is 0. The van der Waals surface area contributed by atoms with Crippen molar-refractivity contribution in [3.8, 4) is 0 Å². The quantitative estimate of drug-likeness (QED) is 0.384. The molecule has 0 aliphatic rings. The molecule has 3 nitrogen and oxygen atoms in total. The molecule has 1 aromatic heterocycles. The maximum Gasteiger partial charge on any atom is 0.249 e. The Morgan fingerprint density at radius 1 is 1.13 bits per heavy atom. The minimum absolute atomic E-state index is 0.193. The summed E-state index contributed by atoms with van der Waals surface area (Å²) in [6.45, 7) is 4.34.